The van der Waals surface area contributed by atoms with Crippen LogP contribution in [-0.4, -0.2) is 25.2 Å². The molecular formula is C10H9ClFNO. The number of aliphatic imine (C=N–C) groups is 1. The van der Waals surface area contributed by atoms with Crippen LogP contribution < -0.4 is 0 Å². The molecule has 1 heterocycles. The van der Waals surface area contributed by atoms with Gasteiger partial charge in [0.1, 0.15) is 12.8 Å². The van der Waals surface area contributed by atoms with Gasteiger partial charge in [0, 0.05) is 0 Å². The summed E-state index contributed by atoms with van der Waals surface area (Å²) in [5, 5.41) is 0.575. The Morgan fingerprint density at radius 1 is 1.50 bits per heavy atom. The molecule has 0 aliphatic carbocycles. The van der Waals surface area contributed by atoms with Crippen molar-refractivity contribution in [3.63, 3.8) is 0 Å². The van der Waals surface area contributed by atoms with E-state index >= 15 is 0 Å². The number of ether oxygens (including phenoxy) is 1. The summed E-state index contributed by atoms with van der Waals surface area (Å²) in [5.74, 6) is 0.443. The molecule has 1 aromatic rings. The molecule has 1 unspecified atom stereocenters. The van der Waals surface area contributed by atoms with Crippen molar-refractivity contribution in [1.82, 2.24) is 0 Å². The van der Waals surface area contributed by atoms with Crippen LogP contribution in [0.1, 0.15) is 5.56 Å². The third kappa shape index (κ3) is 1.73. The Morgan fingerprint density at radius 2 is 2.29 bits per heavy atom. The second-order valence-corrected chi connectivity index (χ2v) is 3.43. The maximum atomic E-state index is 12.3. The van der Waals surface area contributed by atoms with E-state index in [9.17, 15) is 4.39 Å². The van der Waals surface area contributed by atoms with Crippen LogP contribution in [0.15, 0.2) is 29.3 Å². The lowest BCUT2D eigenvalue weighted by molar-refractivity contribution is 0.184. The minimum atomic E-state index is -0.516. The Labute approximate surface area is 86.4 Å². The van der Waals surface area contributed by atoms with Gasteiger partial charge in [-0.1, -0.05) is 23.7 Å². The normalized spacial score (nSPS) is 20.4. The van der Waals surface area contributed by atoms with Gasteiger partial charge in [-0.3, -0.25) is 0 Å². The van der Waals surface area contributed by atoms with Crippen LogP contribution in [0.25, 0.3) is 0 Å². The molecule has 0 amide bonds. The first-order valence-corrected chi connectivity index (χ1v) is 4.71. The number of rotatable bonds is 2. The maximum absolute atomic E-state index is 12.3. The standard InChI is InChI=1S/C10H9ClFNO/c11-9-4-2-1-3-8(9)10-13-6-7(5-12)14-10/h1-4,7H,5-6H2. The predicted octanol–water partition coefficient (Wildman–Crippen LogP) is 2.45. The van der Waals surface area contributed by atoms with E-state index in [4.69, 9.17) is 16.3 Å². The molecule has 0 radical (unpaired) electrons. The second-order valence-electron chi connectivity index (χ2n) is 3.02. The van der Waals surface area contributed by atoms with Crippen molar-refractivity contribution in [1.29, 1.82) is 0 Å². The molecule has 1 aromatic carbocycles. The molecule has 0 bridgehead atoms. The predicted molar refractivity (Wildman–Crippen MR) is 53.7 cm³/mol. The van der Waals surface area contributed by atoms with Crippen LogP contribution in [0.4, 0.5) is 4.39 Å². The van der Waals surface area contributed by atoms with E-state index in [1.807, 2.05) is 18.2 Å². The lowest BCUT2D eigenvalue weighted by Crippen LogP contribution is -2.15. The van der Waals surface area contributed by atoms with Crippen LogP contribution in [-0.2, 0) is 4.74 Å². The zero-order valence-corrected chi connectivity index (χ0v) is 8.17. The van der Waals surface area contributed by atoms with E-state index < -0.39 is 12.8 Å². The van der Waals surface area contributed by atoms with Crippen molar-refractivity contribution in [3.8, 4) is 0 Å². The van der Waals surface area contributed by atoms with E-state index in [1.54, 1.807) is 6.07 Å². The van der Waals surface area contributed by atoms with Gasteiger partial charge in [-0.05, 0) is 12.1 Å². The van der Waals surface area contributed by atoms with Crippen LogP contribution in [0.5, 0.6) is 0 Å². The van der Waals surface area contributed by atoms with Crippen molar-refractivity contribution < 1.29 is 9.13 Å². The quantitative estimate of drug-likeness (QED) is 0.740. The highest BCUT2D eigenvalue weighted by molar-refractivity contribution is 6.33. The highest BCUT2D eigenvalue weighted by Crippen LogP contribution is 2.20. The number of alkyl halides is 1. The summed E-state index contributed by atoms with van der Waals surface area (Å²) in [7, 11) is 0. The molecule has 4 heteroatoms. The average Bonchev–Trinajstić information content (AvgIpc) is 2.67. The van der Waals surface area contributed by atoms with E-state index in [2.05, 4.69) is 4.99 Å². The van der Waals surface area contributed by atoms with Crippen molar-refractivity contribution in [2.75, 3.05) is 13.2 Å². The van der Waals surface area contributed by atoms with Gasteiger partial charge in [0.2, 0.25) is 5.90 Å². The van der Waals surface area contributed by atoms with Gasteiger partial charge in [0.15, 0.2) is 0 Å². The summed E-state index contributed by atoms with van der Waals surface area (Å²) >= 11 is 5.94. The largest absolute Gasteiger partial charge is 0.469 e. The molecular weight excluding hydrogens is 205 g/mol. The highest BCUT2D eigenvalue weighted by atomic mass is 35.5. The third-order valence-corrected chi connectivity index (χ3v) is 2.32. The van der Waals surface area contributed by atoms with Crippen molar-refractivity contribution >= 4 is 17.5 Å². The van der Waals surface area contributed by atoms with Crippen molar-refractivity contribution in [2.24, 2.45) is 4.99 Å². The first-order chi connectivity index (χ1) is 6.81. The molecule has 1 aliphatic rings. The van der Waals surface area contributed by atoms with Gasteiger partial charge in [-0.25, -0.2) is 9.38 Å². The highest BCUT2D eigenvalue weighted by Gasteiger charge is 2.21. The summed E-state index contributed by atoms with van der Waals surface area (Å²) in [6.07, 6.45) is -0.443. The molecule has 74 valence electrons. The van der Waals surface area contributed by atoms with Gasteiger partial charge < -0.3 is 4.74 Å². The molecule has 0 N–H and O–H groups in total. The molecule has 1 aliphatic heterocycles. The number of nitrogens with zero attached hydrogens (tertiary/aromatic N) is 1. The van der Waals surface area contributed by atoms with E-state index in [0.29, 0.717) is 17.5 Å². The van der Waals surface area contributed by atoms with E-state index in [0.717, 1.165) is 5.56 Å². The SMILES string of the molecule is FCC1CN=C(c2ccccc2Cl)O1. The monoisotopic (exact) mass is 213 g/mol. The zero-order valence-electron chi connectivity index (χ0n) is 7.41. The Hall–Kier alpha value is -1.09. The summed E-state index contributed by atoms with van der Waals surface area (Å²) < 4.78 is 17.5. The molecule has 14 heavy (non-hydrogen) atoms. The molecule has 0 saturated carbocycles. The summed E-state index contributed by atoms with van der Waals surface area (Å²) in [6, 6.07) is 7.23. The fraction of sp³-hybridized carbons (Fsp3) is 0.300. The Balaban J connectivity index is 2.22. The number of benzene rings is 1. The number of hydrogen-bond acceptors (Lipinski definition) is 2. The van der Waals surface area contributed by atoms with E-state index in [1.165, 1.54) is 0 Å². The zero-order chi connectivity index (χ0) is 9.97. The van der Waals surface area contributed by atoms with Gasteiger partial charge in [-0.2, -0.15) is 0 Å². The van der Waals surface area contributed by atoms with Crippen LogP contribution in [0, 0.1) is 0 Å². The first-order valence-electron chi connectivity index (χ1n) is 4.33. The lowest BCUT2D eigenvalue weighted by Gasteiger charge is -2.07. The number of hydrogen-bond donors (Lipinski definition) is 0. The summed E-state index contributed by atoms with van der Waals surface area (Å²) in [4.78, 5) is 4.09. The fourth-order valence-corrected chi connectivity index (χ4v) is 1.50. The second kappa shape index (κ2) is 3.96. The summed E-state index contributed by atoms with van der Waals surface area (Å²) in [6.45, 7) is -0.144. The first kappa shape index (κ1) is 9.46. The van der Waals surface area contributed by atoms with Crippen molar-refractivity contribution in [3.05, 3.63) is 34.9 Å². The Kier molecular flexibility index (Phi) is 2.68. The molecule has 1 atom stereocenters. The minimum absolute atomic E-state index is 0.372. The van der Waals surface area contributed by atoms with Crippen LogP contribution in [0.2, 0.25) is 5.02 Å². The minimum Gasteiger partial charge on any atom is -0.469 e. The van der Waals surface area contributed by atoms with Crippen LogP contribution in [0.3, 0.4) is 0 Å². The number of halogens is 2. The third-order valence-electron chi connectivity index (χ3n) is 1.99. The Morgan fingerprint density at radius 3 is 2.93 bits per heavy atom. The fourth-order valence-electron chi connectivity index (χ4n) is 1.28. The van der Waals surface area contributed by atoms with Crippen molar-refractivity contribution in [2.45, 2.75) is 6.10 Å². The maximum Gasteiger partial charge on any atom is 0.218 e. The molecule has 0 saturated heterocycles. The van der Waals surface area contributed by atoms with Gasteiger partial charge >= 0.3 is 0 Å². The van der Waals surface area contributed by atoms with Gasteiger partial charge in [0.05, 0.1) is 17.1 Å². The molecule has 2 nitrogen and oxygen atoms in total. The molecule has 0 fully saturated rings. The summed E-state index contributed by atoms with van der Waals surface area (Å²) in [5.41, 5.74) is 0.727. The average molecular weight is 214 g/mol. The lowest BCUT2D eigenvalue weighted by atomic mass is 10.2. The molecule has 0 spiro atoms. The smallest absolute Gasteiger partial charge is 0.218 e. The Bertz CT molecular complexity index is 367. The topological polar surface area (TPSA) is 21.6 Å². The van der Waals surface area contributed by atoms with Gasteiger partial charge in [0.25, 0.3) is 0 Å². The molecule has 2 rings (SSSR count). The van der Waals surface area contributed by atoms with E-state index in [-0.39, 0.29) is 0 Å². The molecule has 0 aromatic heterocycles. The van der Waals surface area contributed by atoms with Gasteiger partial charge in [-0.15, -0.1) is 0 Å². The van der Waals surface area contributed by atoms with Crippen LogP contribution >= 0.6 is 11.6 Å².